The first-order valence-electron chi connectivity index (χ1n) is 5.21. The highest BCUT2D eigenvalue weighted by molar-refractivity contribution is 5.80. The van der Waals surface area contributed by atoms with Crippen molar-refractivity contribution in [3.05, 3.63) is 36.0 Å². The molecular formula is C12H10N4O. The molecule has 0 aliphatic heterocycles. The van der Waals surface area contributed by atoms with Crippen molar-refractivity contribution in [3.63, 3.8) is 0 Å². The third kappa shape index (κ3) is 1.52. The molecule has 5 nitrogen and oxygen atoms in total. The molecule has 0 radical (unpaired) electrons. The second-order valence-corrected chi connectivity index (χ2v) is 3.87. The Labute approximate surface area is 97.1 Å². The third-order valence-corrected chi connectivity index (χ3v) is 2.70. The lowest BCUT2D eigenvalue weighted by Crippen LogP contribution is -1.91. The number of hydrogen-bond donors (Lipinski definition) is 2. The monoisotopic (exact) mass is 226 g/mol. The summed E-state index contributed by atoms with van der Waals surface area (Å²) in [6.45, 7) is 1.93. The molecule has 0 fully saturated rings. The van der Waals surface area contributed by atoms with Crippen molar-refractivity contribution in [2.75, 3.05) is 0 Å². The summed E-state index contributed by atoms with van der Waals surface area (Å²) in [5.74, 6) is 0.210. The molecule has 3 rings (SSSR count). The highest BCUT2D eigenvalue weighted by Crippen LogP contribution is 2.31. The van der Waals surface area contributed by atoms with Gasteiger partial charge in [0, 0.05) is 10.9 Å². The Morgan fingerprint density at radius 1 is 1.24 bits per heavy atom. The van der Waals surface area contributed by atoms with Gasteiger partial charge >= 0.3 is 0 Å². The van der Waals surface area contributed by atoms with Gasteiger partial charge in [0.2, 0.25) is 0 Å². The van der Waals surface area contributed by atoms with Crippen LogP contribution in [0.15, 0.2) is 30.5 Å². The second kappa shape index (κ2) is 3.55. The highest BCUT2D eigenvalue weighted by atomic mass is 16.3. The van der Waals surface area contributed by atoms with E-state index in [4.69, 9.17) is 0 Å². The molecule has 17 heavy (non-hydrogen) atoms. The van der Waals surface area contributed by atoms with Crippen LogP contribution in [-0.2, 0) is 0 Å². The van der Waals surface area contributed by atoms with E-state index in [1.165, 1.54) is 0 Å². The van der Waals surface area contributed by atoms with Crippen molar-refractivity contribution in [2.45, 2.75) is 6.92 Å². The fourth-order valence-corrected chi connectivity index (χ4v) is 1.86. The summed E-state index contributed by atoms with van der Waals surface area (Å²) in [6, 6.07) is 7.23. The van der Waals surface area contributed by atoms with Crippen LogP contribution in [0.5, 0.6) is 5.75 Å². The molecular weight excluding hydrogens is 216 g/mol. The van der Waals surface area contributed by atoms with Crippen LogP contribution in [0.2, 0.25) is 0 Å². The zero-order chi connectivity index (χ0) is 11.8. The Hall–Kier alpha value is -2.43. The third-order valence-electron chi connectivity index (χ3n) is 2.70. The predicted octanol–water partition coefficient (Wildman–Crippen LogP) is 2.03. The smallest absolute Gasteiger partial charge is 0.177 e. The number of aromatic amines is 1. The van der Waals surface area contributed by atoms with Crippen molar-refractivity contribution in [3.8, 4) is 17.0 Å². The number of nitrogens with one attached hydrogen (secondary N) is 1. The standard InChI is InChI=1S/C12H10N4O/c1-7-3-2-4-10(17)11(7)9-5-8-6-13-15-12(8)16-14-9/h2-6,17H,1H3,(H,13,15,16). The van der Waals surface area contributed by atoms with Crippen LogP contribution < -0.4 is 0 Å². The lowest BCUT2D eigenvalue weighted by atomic mass is 10.0. The fourth-order valence-electron chi connectivity index (χ4n) is 1.86. The van der Waals surface area contributed by atoms with E-state index in [-0.39, 0.29) is 5.75 Å². The van der Waals surface area contributed by atoms with Crippen molar-refractivity contribution in [1.82, 2.24) is 20.4 Å². The summed E-state index contributed by atoms with van der Waals surface area (Å²) in [5, 5.41) is 25.5. The van der Waals surface area contributed by atoms with Crippen LogP contribution in [0.3, 0.4) is 0 Å². The van der Waals surface area contributed by atoms with E-state index in [2.05, 4.69) is 20.4 Å². The molecule has 0 aliphatic rings. The van der Waals surface area contributed by atoms with E-state index in [0.717, 1.165) is 10.9 Å². The number of phenols is 1. The molecule has 5 heteroatoms. The molecule has 1 aromatic carbocycles. The largest absolute Gasteiger partial charge is 0.507 e. The summed E-state index contributed by atoms with van der Waals surface area (Å²) in [7, 11) is 0. The number of nitrogens with zero attached hydrogens (tertiary/aromatic N) is 3. The van der Waals surface area contributed by atoms with E-state index in [9.17, 15) is 5.11 Å². The van der Waals surface area contributed by atoms with E-state index in [1.807, 2.05) is 19.1 Å². The molecule has 0 aliphatic carbocycles. The Morgan fingerprint density at radius 3 is 2.94 bits per heavy atom. The molecule has 0 amide bonds. The Kier molecular flexibility index (Phi) is 2.04. The number of aromatic nitrogens is 4. The molecule has 84 valence electrons. The minimum atomic E-state index is 0.210. The van der Waals surface area contributed by atoms with Gasteiger partial charge in [-0.3, -0.25) is 5.10 Å². The molecule has 0 spiro atoms. The quantitative estimate of drug-likeness (QED) is 0.665. The first-order chi connectivity index (χ1) is 8.25. The molecule has 2 N–H and O–H groups in total. The molecule has 0 bridgehead atoms. The Balaban J connectivity index is 2.26. The van der Waals surface area contributed by atoms with Crippen LogP contribution in [0, 0.1) is 6.92 Å². The van der Waals surface area contributed by atoms with E-state index < -0.39 is 0 Å². The first kappa shape index (κ1) is 9.77. The summed E-state index contributed by atoms with van der Waals surface area (Å²) in [6.07, 6.45) is 1.68. The summed E-state index contributed by atoms with van der Waals surface area (Å²) in [5.41, 5.74) is 2.96. The second-order valence-electron chi connectivity index (χ2n) is 3.87. The maximum absolute atomic E-state index is 9.88. The van der Waals surface area contributed by atoms with Crippen LogP contribution in [0.1, 0.15) is 5.56 Å². The maximum Gasteiger partial charge on any atom is 0.177 e. The van der Waals surface area contributed by atoms with Gasteiger partial charge in [-0.1, -0.05) is 12.1 Å². The van der Waals surface area contributed by atoms with Gasteiger partial charge in [0.05, 0.1) is 11.9 Å². The average molecular weight is 226 g/mol. The van der Waals surface area contributed by atoms with E-state index in [0.29, 0.717) is 16.9 Å². The van der Waals surface area contributed by atoms with Gasteiger partial charge in [-0.05, 0) is 24.6 Å². The molecule has 0 atom stereocenters. The minimum Gasteiger partial charge on any atom is -0.507 e. The molecule has 3 aromatic rings. The van der Waals surface area contributed by atoms with Crippen molar-refractivity contribution in [2.24, 2.45) is 0 Å². The zero-order valence-electron chi connectivity index (χ0n) is 9.18. The molecule has 0 saturated carbocycles. The Morgan fingerprint density at radius 2 is 2.12 bits per heavy atom. The predicted molar refractivity (Wildman–Crippen MR) is 63.5 cm³/mol. The first-order valence-corrected chi connectivity index (χ1v) is 5.21. The SMILES string of the molecule is Cc1cccc(O)c1-c1cc2cn[nH]c2nn1. The van der Waals surface area contributed by atoms with Crippen LogP contribution in [-0.4, -0.2) is 25.5 Å². The highest BCUT2D eigenvalue weighted by Gasteiger charge is 2.10. The number of aryl methyl sites for hydroxylation is 1. The number of H-pyrrole nitrogens is 1. The van der Waals surface area contributed by atoms with Gasteiger partial charge in [0.1, 0.15) is 5.75 Å². The molecule has 2 aromatic heterocycles. The molecule has 0 saturated heterocycles. The number of rotatable bonds is 1. The normalized spacial score (nSPS) is 10.9. The van der Waals surface area contributed by atoms with Gasteiger partial charge < -0.3 is 5.11 Å². The summed E-state index contributed by atoms with van der Waals surface area (Å²) in [4.78, 5) is 0. The zero-order valence-corrected chi connectivity index (χ0v) is 9.18. The number of hydrogen-bond acceptors (Lipinski definition) is 4. The molecule has 2 heterocycles. The van der Waals surface area contributed by atoms with Gasteiger partial charge in [0.25, 0.3) is 0 Å². The van der Waals surface area contributed by atoms with E-state index >= 15 is 0 Å². The number of aromatic hydroxyl groups is 1. The lowest BCUT2D eigenvalue weighted by molar-refractivity contribution is 0.476. The lowest BCUT2D eigenvalue weighted by Gasteiger charge is -2.06. The van der Waals surface area contributed by atoms with Crippen molar-refractivity contribution >= 4 is 11.0 Å². The average Bonchev–Trinajstić information content (AvgIpc) is 2.76. The van der Waals surface area contributed by atoms with Gasteiger partial charge in [-0.15, -0.1) is 10.2 Å². The van der Waals surface area contributed by atoms with Crippen molar-refractivity contribution in [1.29, 1.82) is 0 Å². The topological polar surface area (TPSA) is 74.7 Å². The summed E-state index contributed by atoms with van der Waals surface area (Å²) < 4.78 is 0. The minimum absolute atomic E-state index is 0.210. The maximum atomic E-state index is 9.88. The molecule has 0 unspecified atom stereocenters. The fraction of sp³-hybridized carbons (Fsp3) is 0.0833. The Bertz CT molecular complexity index is 670. The number of phenolic OH excluding ortho intramolecular Hbond substituents is 1. The van der Waals surface area contributed by atoms with Gasteiger partial charge in [0.15, 0.2) is 5.65 Å². The summed E-state index contributed by atoms with van der Waals surface area (Å²) >= 11 is 0. The van der Waals surface area contributed by atoms with Gasteiger partial charge in [-0.2, -0.15) is 5.10 Å². The number of benzene rings is 1. The van der Waals surface area contributed by atoms with Gasteiger partial charge in [-0.25, -0.2) is 0 Å². The van der Waals surface area contributed by atoms with E-state index in [1.54, 1.807) is 18.3 Å². The van der Waals surface area contributed by atoms with Crippen LogP contribution >= 0.6 is 0 Å². The van der Waals surface area contributed by atoms with Crippen LogP contribution in [0.4, 0.5) is 0 Å². The van der Waals surface area contributed by atoms with Crippen molar-refractivity contribution < 1.29 is 5.11 Å². The number of fused-ring (bicyclic) bond motifs is 1. The van der Waals surface area contributed by atoms with Crippen LogP contribution in [0.25, 0.3) is 22.3 Å².